The summed E-state index contributed by atoms with van der Waals surface area (Å²) in [5.74, 6) is -0.725. The maximum absolute atomic E-state index is 12.5. The molecule has 3 N–H and O–H groups in total. The number of amides is 3. The van der Waals surface area contributed by atoms with Crippen molar-refractivity contribution in [3.63, 3.8) is 0 Å². The number of benzene rings is 2. The molecule has 9 heteroatoms. The molecule has 3 aromatic rings. The first-order valence-corrected chi connectivity index (χ1v) is 11.3. The number of alkyl carbamates (subject to hydrolysis) is 1. The molecule has 8 nitrogen and oxygen atoms in total. The minimum Gasteiger partial charge on any atom is -0.444 e. The first-order chi connectivity index (χ1) is 16.1. The topological polar surface area (TPSA) is 109 Å². The molecule has 2 aromatic carbocycles. The number of carbonyl (C=O) groups excluding carboxylic acids is 3. The molecule has 0 aliphatic carbocycles. The Kier molecular flexibility index (Phi) is 8.01. The van der Waals surface area contributed by atoms with Crippen LogP contribution in [0.2, 0.25) is 0 Å². The average Bonchev–Trinajstić information content (AvgIpc) is 2.79. The van der Waals surface area contributed by atoms with Crippen LogP contribution in [0.5, 0.6) is 0 Å². The van der Waals surface area contributed by atoms with Gasteiger partial charge in [0, 0.05) is 28.6 Å². The van der Waals surface area contributed by atoms with Gasteiger partial charge in [-0.2, -0.15) is 0 Å². The summed E-state index contributed by atoms with van der Waals surface area (Å²) in [5.41, 5.74) is 2.03. The molecule has 0 saturated carbocycles. The lowest BCUT2D eigenvalue weighted by Crippen LogP contribution is -2.32. The van der Waals surface area contributed by atoms with Crippen molar-refractivity contribution in [3.8, 4) is 0 Å². The summed E-state index contributed by atoms with van der Waals surface area (Å²) in [7, 11) is 0. The molecule has 176 valence electrons. The minimum atomic E-state index is -0.562. The van der Waals surface area contributed by atoms with Gasteiger partial charge in [-0.05, 0) is 74.9 Å². The van der Waals surface area contributed by atoms with Crippen molar-refractivity contribution >= 4 is 45.2 Å². The molecule has 0 fully saturated rings. The average molecular weight is 525 g/mol. The summed E-state index contributed by atoms with van der Waals surface area (Å²) >= 11 is 3.35. The Hall–Kier alpha value is -3.72. The van der Waals surface area contributed by atoms with Crippen LogP contribution in [-0.2, 0) is 11.3 Å². The Balaban J connectivity index is 1.52. The van der Waals surface area contributed by atoms with Crippen LogP contribution in [-0.4, -0.2) is 28.5 Å². The summed E-state index contributed by atoms with van der Waals surface area (Å²) in [6, 6.07) is 17.3. The van der Waals surface area contributed by atoms with Crippen molar-refractivity contribution in [1.29, 1.82) is 0 Å². The van der Waals surface area contributed by atoms with Crippen LogP contribution < -0.4 is 16.0 Å². The van der Waals surface area contributed by atoms with Crippen molar-refractivity contribution < 1.29 is 19.1 Å². The van der Waals surface area contributed by atoms with E-state index in [2.05, 4.69) is 36.9 Å². The number of aromatic nitrogens is 1. The SMILES string of the molecule is CC(C)(C)OC(=O)NCc1ccc(NC(=O)c2ccc(C(=O)Nc3ccc(Br)cc3)cn2)cc1. The Labute approximate surface area is 206 Å². The second-order valence-corrected chi connectivity index (χ2v) is 9.32. The molecule has 3 rings (SSSR count). The Morgan fingerprint density at radius 2 is 1.44 bits per heavy atom. The van der Waals surface area contributed by atoms with Crippen LogP contribution >= 0.6 is 15.9 Å². The van der Waals surface area contributed by atoms with Gasteiger partial charge in [-0.1, -0.05) is 28.1 Å². The molecule has 0 aliphatic heterocycles. The predicted octanol–water partition coefficient (Wildman–Crippen LogP) is 5.37. The van der Waals surface area contributed by atoms with Gasteiger partial charge in [0.15, 0.2) is 0 Å². The van der Waals surface area contributed by atoms with E-state index in [1.54, 1.807) is 63.2 Å². The van der Waals surface area contributed by atoms with Gasteiger partial charge in [0.2, 0.25) is 0 Å². The van der Waals surface area contributed by atoms with E-state index in [9.17, 15) is 14.4 Å². The van der Waals surface area contributed by atoms with E-state index in [0.29, 0.717) is 23.5 Å². The van der Waals surface area contributed by atoms with Crippen molar-refractivity contribution in [2.75, 3.05) is 10.6 Å². The van der Waals surface area contributed by atoms with Crippen LogP contribution in [0.3, 0.4) is 0 Å². The minimum absolute atomic E-state index is 0.177. The van der Waals surface area contributed by atoms with Crippen LogP contribution in [0, 0.1) is 0 Å². The largest absolute Gasteiger partial charge is 0.444 e. The molecule has 0 unspecified atom stereocenters. The lowest BCUT2D eigenvalue weighted by molar-refractivity contribution is 0.0523. The third-order valence-electron chi connectivity index (χ3n) is 4.41. The third-order valence-corrected chi connectivity index (χ3v) is 4.94. The van der Waals surface area contributed by atoms with Crippen LogP contribution in [0.4, 0.5) is 16.2 Å². The molecule has 0 atom stereocenters. The molecular weight excluding hydrogens is 500 g/mol. The molecule has 34 heavy (non-hydrogen) atoms. The van der Waals surface area contributed by atoms with E-state index >= 15 is 0 Å². The molecule has 3 amide bonds. The first kappa shape index (κ1) is 24.9. The zero-order valence-electron chi connectivity index (χ0n) is 19.0. The van der Waals surface area contributed by atoms with Gasteiger partial charge in [0.25, 0.3) is 11.8 Å². The Morgan fingerprint density at radius 1 is 0.853 bits per heavy atom. The molecule has 0 bridgehead atoms. The van der Waals surface area contributed by atoms with Gasteiger partial charge in [-0.15, -0.1) is 0 Å². The van der Waals surface area contributed by atoms with E-state index in [1.165, 1.54) is 12.3 Å². The number of rotatable bonds is 6. The van der Waals surface area contributed by atoms with Crippen LogP contribution in [0.15, 0.2) is 71.3 Å². The number of hydrogen-bond acceptors (Lipinski definition) is 5. The van der Waals surface area contributed by atoms with E-state index in [-0.39, 0.29) is 11.6 Å². The zero-order chi connectivity index (χ0) is 24.7. The van der Waals surface area contributed by atoms with E-state index in [1.807, 2.05) is 12.1 Å². The Bertz CT molecular complexity index is 1160. The number of nitrogens with one attached hydrogen (secondary N) is 3. The van der Waals surface area contributed by atoms with Gasteiger partial charge >= 0.3 is 6.09 Å². The summed E-state index contributed by atoms with van der Waals surface area (Å²) in [5, 5.41) is 8.21. The van der Waals surface area contributed by atoms with Gasteiger partial charge in [0.1, 0.15) is 11.3 Å². The number of anilines is 2. The molecular formula is C25H25BrN4O4. The second kappa shape index (κ2) is 10.9. The smallest absolute Gasteiger partial charge is 0.407 e. The van der Waals surface area contributed by atoms with E-state index in [0.717, 1.165) is 10.0 Å². The number of pyridine rings is 1. The van der Waals surface area contributed by atoms with Crippen LogP contribution in [0.1, 0.15) is 47.2 Å². The fourth-order valence-corrected chi connectivity index (χ4v) is 3.05. The standard InChI is InChI=1S/C25H25BrN4O4/c1-25(2,3)34-24(33)28-14-16-4-9-19(10-5-16)30-23(32)21-13-6-17(15-27-21)22(31)29-20-11-7-18(26)8-12-20/h4-13,15H,14H2,1-3H3,(H,28,33)(H,29,31)(H,30,32). The highest BCUT2D eigenvalue weighted by atomic mass is 79.9. The summed E-state index contributed by atoms with van der Waals surface area (Å²) in [4.78, 5) is 40.7. The number of carbonyl (C=O) groups is 3. The van der Waals surface area contributed by atoms with Crippen molar-refractivity contribution in [3.05, 3.63) is 88.2 Å². The van der Waals surface area contributed by atoms with Crippen molar-refractivity contribution in [2.24, 2.45) is 0 Å². The Morgan fingerprint density at radius 3 is 2.00 bits per heavy atom. The quantitative estimate of drug-likeness (QED) is 0.401. The normalized spacial score (nSPS) is 10.8. The van der Waals surface area contributed by atoms with Crippen LogP contribution in [0.25, 0.3) is 0 Å². The molecule has 0 radical (unpaired) electrons. The highest BCUT2D eigenvalue weighted by molar-refractivity contribution is 9.10. The molecule has 0 spiro atoms. The van der Waals surface area contributed by atoms with Gasteiger partial charge in [-0.25, -0.2) is 4.79 Å². The highest BCUT2D eigenvalue weighted by Crippen LogP contribution is 2.16. The number of halogens is 1. The number of nitrogens with zero attached hydrogens (tertiary/aromatic N) is 1. The maximum atomic E-state index is 12.5. The zero-order valence-corrected chi connectivity index (χ0v) is 20.6. The van der Waals surface area contributed by atoms with Crippen molar-refractivity contribution in [2.45, 2.75) is 32.9 Å². The summed E-state index contributed by atoms with van der Waals surface area (Å²) < 4.78 is 6.11. The summed E-state index contributed by atoms with van der Waals surface area (Å²) in [6.45, 7) is 5.69. The highest BCUT2D eigenvalue weighted by Gasteiger charge is 2.16. The molecule has 1 heterocycles. The maximum Gasteiger partial charge on any atom is 0.407 e. The first-order valence-electron chi connectivity index (χ1n) is 10.5. The third kappa shape index (κ3) is 7.70. The number of ether oxygens (including phenoxy) is 1. The molecule has 0 aliphatic rings. The fourth-order valence-electron chi connectivity index (χ4n) is 2.79. The molecule has 0 saturated heterocycles. The lowest BCUT2D eigenvalue weighted by Gasteiger charge is -2.19. The van der Waals surface area contributed by atoms with Gasteiger partial charge in [0.05, 0.1) is 5.56 Å². The monoisotopic (exact) mass is 524 g/mol. The fraction of sp³-hybridized carbons (Fsp3) is 0.200. The molecule has 1 aromatic heterocycles. The lowest BCUT2D eigenvalue weighted by atomic mass is 10.2. The predicted molar refractivity (Wildman–Crippen MR) is 134 cm³/mol. The summed E-state index contributed by atoms with van der Waals surface area (Å²) in [6.07, 6.45) is 0.860. The van der Waals surface area contributed by atoms with Gasteiger partial charge in [-0.3, -0.25) is 14.6 Å². The van der Waals surface area contributed by atoms with Crippen molar-refractivity contribution in [1.82, 2.24) is 10.3 Å². The number of hydrogen-bond donors (Lipinski definition) is 3. The van der Waals surface area contributed by atoms with E-state index in [4.69, 9.17) is 4.74 Å². The second-order valence-electron chi connectivity index (χ2n) is 8.40. The van der Waals surface area contributed by atoms with E-state index < -0.39 is 17.6 Å². The van der Waals surface area contributed by atoms with Gasteiger partial charge < -0.3 is 20.7 Å².